The van der Waals surface area contributed by atoms with Crippen LogP contribution in [-0.4, -0.2) is 49.8 Å². The van der Waals surface area contributed by atoms with Crippen molar-refractivity contribution in [2.24, 2.45) is 5.92 Å². The summed E-state index contributed by atoms with van der Waals surface area (Å²) < 4.78 is 5.62. The lowest BCUT2D eigenvalue weighted by atomic mass is 9.97. The highest BCUT2D eigenvalue weighted by Crippen LogP contribution is 2.17. The average molecular weight is 333 g/mol. The molecule has 5 heteroatoms. The minimum atomic E-state index is -0.107. The number of nitrogens with zero attached hydrogens (tertiary/aromatic N) is 1. The fourth-order valence-corrected chi connectivity index (χ4v) is 3.07. The van der Waals surface area contributed by atoms with E-state index in [0.717, 1.165) is 18.8 Å². The van der Waals surface area contributed by atoms with Crippen molar-refractivity contribution in [2.45, 2.75) is 39.7 Å². The molecule has 0 saturated carbocycles. The fourth-order valence-electron chi connectivity index (χ4n) is 3.07. The molecule has 1 aromatic rings. The normalized spacial score (nSPS) is 18.4. The summed E-state index contributed by atoms with van der Waals surface area (Å²) in [5.41, 5.74) is 1.17. The van der Waals surface area contributed by atoms with Gasteiger partial charge in [0.15, 0.2) is 0 Å². The average Bonchev–Trinajstić information content (AvgIpc) is 2.57. The molecular weight excluding hydrogens is 302 g/mol. The van der Waals surface area contributed by atoms with Crippen LogP contribution in [0.25, 0.3) is 0 Å². The van der Waals surface area contributed by atoms with Crippen molar-refractivity contribution >= 4 is 6.03 Å². The van der Waals surface area contributed by atoms with Gasteiger partial charge in [0.05, 0.1) is 6.54 Å². The molecule has 1 fully saturated rings. The molecule has 2 amide bonds. The van der Waals surface area contributed by atoms with Gasteiger partial charge in [-0.1, -0.05) is 12.1 Å². The van der Waals surface area contributed by atoms with Crippen LogP contribution in [0.3, 0.4) is 0 Å². The smallest absolute Gasteiger partial charge is 0.314 e. The molecule has 1 aromatic carbocycles. The van der Waals surface area contributed by atoms with E-state index < -0.39 is 0 Å². The number of hydrogen-bond donors (Lipinski definition) is 2. The summed E-state index contributed by atoms with van der Waals surface area (Å²) in [7, 11) is 0. The summed E-state index contributed by atoms with van der Waals surface area (Å²) in [4.78, 5) is 14.4. The molecule has 5 nitrogen and oxygen atoms in total. The van der Waals surface area contributed by atoms with Gasteiger partial charge in [0, 0.05) is 19.1 Å². The highest BCUT2D eigenvalue weighted by Gasteiger charge is 2.21. The zero-order chi connectivity index (χ0) is 17.4. The number of rotatable bonds is 7. The van der Waals surface area contributed by atoms with Crippen LogP contribution in [0.2, 0.25) is 0 Å². The number of carbonyl (C=O) groups is 1. The van der Waals surface area contributed by atoms with E-state index in [9.17, 15) is 4.79 Å². The summed E-state index contributed by atoms with van der Waals surface area (Å²) in [5.74, 6) is 1.39. The van der Waals surface area contributed by atoms with Gasteiger partial charge in [-0.2, -0.15) is 0 Å². The van der Waals surface area contributed by atoms with Crippen LogP contribution in [-0.2, 0) is 0 Å². The SMILES string of the molecule is Cc1cccc(OCCNC(=O)NCC2CCCN(C(C)C)C2)c1. The van der Waals surface area contributed by atoms with Gasteiger partial charge in [0.1, 0.15) is 12.4 Å². The van der Waals surface area contributed by atoms with E-state index in [2.05, 4.69) is 29.4 Å². The molecule has 0 bridgehead atoms. The van der Waals surface area contributed by atoms with Gasteiger partial charge >= 0.3 is 6.03 Å². The Morgan fingerprint density at radius 1 is 1.38 bits per heavy atom. The third-order valence-corrected chi connectivity index (χ3v) is 4.48. The summed E-state index contributed by atoms with van der Waals surface area (Å²) in [6.07, 6.45) is 2.41. The van der Waals surface area contributed by atoms with Crippen LogP contribution in [0.15, 0.2) is 24.3 Å². The second-order valence-electron chi connectivity index (χ2n) is 6.90. The molecule has 1 unspecified atom stereocenters. The second kappa shape index (κ2) is 9.52. The summed E-state index contributed by atoms with van der Waals surface area (Å²) in [5, 5.41) is 5.84. The zero-order valence-corrected chi connectivity index (χ0v) is 15.2. The quantitative estimate of drug-likeness (QED) is 0.755. The third-order valence-electron chi connectivity index (χ3n) is 4.48. The van der Waals surface area contributed by atoms with E-state index in [4.69, 9.17) is 4.74 Å². The first-order valence-corrected chi connectivity index (χ1v) is 9.00. The molecule has 0 spiro atoms. The van der Waals surface area contributed by atoms with Crippen molar-refractivity contribution < 1.29 is 9.53 Å². The number of amides is 2. The number of hydrogen-bond acceptors (Lipinski definition) is 3. The molecule has 2 rings (SSSR count). The summed E-state index contributed by atoms with van der Waals surface area (Å²) >= 11 is 0. The molecule has 0 aromatic heterocycles. The topological polar surface area (TPSA) is 53.6 Å². The van der Waals surface area contributed by atoms with Gasteiger partial charge in [-0.15, -0.1) is 0 Å². The van der Waals surface area contributed by atoms with Crippen molar-refractivity contribution in [1.29, 1.82) is 0 Å². The minimum absolute atomic E-state index is 0.107. The summed E-state index contributed by atoms with van der Waals surface area (Å²) in [6, 6.07) is 8.39. The predicted molar refractivity (Wildman–Crippen MR) is 97.5 cm³/mol. The Morgan fingerprint density at radius 3 is 2.96 bits per heavy atom. The molecular formula is C19H31N3O2. The third kappa shape index (κ3) is 6.40. The summed E-state index contributed by atoms with van der Waals surface area (Å²) in [6.45, 7) is 10.5. The van der Waals surface area contributed by atoms with E-state index in [-0.39, 0.29) is 6.03 Å². The van der Waals surface area contributed by atoms with Crippen molar-refractivity contribution in [1.82, 2.24) is 15.5 Å². The van der Waals surface area contributed by atoms with E-state index in [1.165, 1.54) is 24.9 Å². The Hall–Kier alpha value is -1.75. The van der Waals surface area contributed by atoms with Crippen molar-refractivity contribution in [2.75, 3.05) is 32.8 Å². The van der Waals surface area contributed by atoms with Crippen LogP contribution in [0.1, 0.15) is 32.3 Å². The lowest BCUT2D eigenvalue weighted by Crippen LogP contribution is -2.46. The van der Waals surface area contributed by atoms with Gasteiger partial charge < -0.3 is 20.3 Å². The highest BCUT2D eigenvalue weighted by molar-refractivity contribution is 5.73. The standard InChI is InChI=1S/C19H31N3O2/c1-15(2)22-10-5-7-17(14-22)13-21-19(23)20-9-11-24-18-8-4-6-16(3)12-18/h4,6,8,12,15,17H,5,7,9-11,13-14H2,1-3H3,(H2,20,21,23). The number of nitrogens with one attached hydrogen (secondary N) is 2. The maximum absolute atomic E-state index is 11.9. The molecule has 0 radical (unpaired) electrons. The van der Waals surface area contributed by atoms with Crippen LogP contribution in [0, 0.1) is 12.8 Å². The van der Waals surface area contributed by atoms with Gasteiger partial charge in [0.2, 0.25) is 0 Å². The predicted octanol–water partition coefficient (Wildman–Crippen LogP) is 2.79. The molecule has 0 aliphatic carbocycles. The molecule has 134 valence electrons. The number of ether oxygens (including phenoxy) is 1. The second-order valence-corrected chi connectivity index (χ2v) is 6.90. The first-order valence-electron chi connectivity index (χ1n) is 9.00. The van der Waals surface area contributed by atoms with Gasteiger partial charge in [-0.05, 0) is 63.8 Å². The number of piperidine rings is 1. The van der Waals surface area contributed by atoms with Crippen molar-refractivity contribution in [3.05, 3.63) is 29.8 Å². The molecule has 1 atom stereocenters. The molecule has 24 heavy (non-hydrogen) atoms. The number of benzene rings is 1. The van der Waals surface area contributed by atoms with Crippen LogP contribution in [0.4, 0.5) is 4.79 Å². The van der Waals surface area contributed by atoms with E-state index in [1.54, 1.807) is 0 Å². The largest absolute Gasteiger partial charge is 0.492 e. The Bertz CT molecular complexity index is 519. The zero-order valence-electron chi connectivity index (χ0n) is 15.2. The molecule has 1 heterocycles. The van der Waals surface area contributed by atoms with E-state index in [1.807, 2.05) is 31.2 Å². The Morgan fingerprint density at radius 2 is 2.21 bits per heavy atom. The molecule has 2 N–H and O–H groups in total. The number of carbonyl (C=O) groups excluding carboxylic acids is 1. The number of aryl methyl sites for hydroxylation is 1. The first-order chi connectivity index (χ1) is 11.5. The lowest BCUT2D eigenvalue weighted by molar-refractivity contribution is 0.139. The number of urea groups is 1. The van der Waals surface area contributed by atoms with E-state index in [0.29, 0.717) is 25.1 Å². The highest BCUT2D eigenvalue weighted by atomic mass is 16.5. The number of likely N-dealkylation sites (tertiary alicyclic amines) is 1. The maximum Gasteiger partial charge on any atom is 0.314 e. The molecule has 1 saturated heterocycles. The van der Waals surface area contributed by atoms with Crippen LogP contribution in [0.5, 0.6) is 5.75 Å². The van der Waals surface area contributed by atoms with Gasteiger partial charge in [0.25, 0.3) is 0 Å². The maximum atomic E-state index is 11.9. The van der Waals surface area contributed by atoms with Crippen molar-refractivity contribution in [3.8, 4) is 5.75 Å². The minimum Gasteiger partial charge on any atom is -0.492 e. The fraction of sp³-hybridized carbons (Fsp3) is 0.632. The van der Waals surface area contributed by atoms with Gasteiger partial charge in [-0.25, -0.2) is 4.79 Å². The Kier molecular flexibility index (Phi) is 7.37. The Balaban J connectivity index is 1.58. The van der Waals surface area contributed by atoms with Gasteiger partial charge in [-0.3, -0.25) is 0 Å². The van der Waals surface area contributed by atoms with E-state index >= 15 is 0 Å². The van der Waals surface area contributed by atoms with Crippen LogP contribution < -0.4 is 15.4 Å². The molecule has 1 aliphatic rings. The van der Waals surface area contributed by atoms with Crippen molar-refractivity contribution in [3.63, 3.8) is 0 Å². The van der Waals surface area contributed by atoms with Crippen LogP contribution >= 0.6 is 0 Å². The lowest BCUT2D eigenvalue weighted by Gasteiger charge is -2.35. The monoisotopic (exact) mass is 333 g/mol. The Labute approximate surface area is 145 Å². The molecule has 1 aliphatic heterocycles. The first kappa shape index (κ1) is 18.6.